The van der Waals surface area contributed by atoms with E-state index < -0.39 is 12.1 Å². The maximum Gasteiger partial charge on any atom is 0.251 e. The zero-order valence-electron chi connectivity index (χ0n) is 22.1. The molecule has 0 radical (unpaired) electrons. The van der Waals surface area contributed by atoms with E-state index in [0.717, 1.165) is 47.0 Å². The predicted octanol–water partition coefficient (Wildman–Crippen LogP) is 3.51. The number of ether oxygens (including phenoxy) is 1. The fourth-order valence-electron chi connectivity index (χ4n) is 4.91. The highest BCUT2D eigenvalue weighted by Crippen LogP contribution is 2.30. The number of aromatic nitrogens is 1. The number of hydrogen-bond donors (Lipinski definition) is 4. The number of carbonyl (C=O) groups excluding carboxylic acids is 3. The van der Waals surface area contributed by atoms with E-state index in [-0.39, 0.29) is 17.6 Å². The third kappa shape index (κ3) is 7.52. The monoisotopic (exact) mass is 518 g/mol. The topological polar surface area (TPSA) is 112 Å². The average Bonchev–Trinajstić information content (AvgIpc) is 3.31. The van der Waals surface area contributed by atoms with Crippen LogP contribution in [0.5, 0.6) is 0 Å². The molecule has 0 saturated carbocycles. The van der Waals surface area contributed by atoms with Crippen LogP contribution in [0.1, 0.15) is 44.6 Å². The number of benzene rings is 2. The van der Waals surface area contributed by atoms with Gasteiger partial charge in [-0.1, -0.05) is 61.4 Å². The molecule has 3 aromatic rings. The molecule has 2 amide bonds. The van der Waals surface area contributed by atoms with E-state index in [0.29, 0.717) is 45.5 Å². The summed E-state index contributed by atoms with van der Waals surface area (Å²) in [6.45, 7) is 3.64. The predicted molar refractivity (Wildman–Crippen MR) is 149 cm³/mol. The van der Waals surface area contributed by atoms with E-state index in [1.807, 2.05) is 30.3 Å². The summed E-state index contributed by atoms with van der Waals surface area (Å²) in [5.41, 5.74) is 4.36. The Balaban J connectivity index is 1.40. The number of rotatable bonds is 13. The summed E-state index contributed by atoms with van der Waals surface area (Å²) in [5, 5.41) is 10.2. The maximum atomic E-state index is 13.2. The van der Waals surface area contributed by atoms with Gasteiger partial charge in [0.25, 0.3) is 5.91 Å². The fourth-order valence-corrected chi connectivity index (χ4v) is 4.91. The molecule has 0 aliphatic carbocycles. The number of ketones is 1. The lowest BCUT2D eigenvalue weighted by molar-refractivity contribution is -0.138. The van der Waals surface area contributed by atoms with Crippen molar-refractivity contribution in [2.45, 2.75) is 57.6 Å². The number of Topliss-reactive ketones (excluding diaryl/α,β-unsaturated/α-hetero) is 1. The van der Waals surface area contributed by atoms with Crippen molar-refractivity contribution in [1.82, 2.24) is 20.9 Å². The van der Waals surface area contributed by atoms with Crippen molar-refractivity contribution in [1.29, 1.82) is 0 Å². The molecule has 1 aliphatic rings. The van der Waals surface area contributed by atoms with Crippen molar-refractivity contribution in [3.63, 3.8) is 0 Å². The van der Waals surface area contributed by atoms with E-state index in [1.165, 1.54) is 0 Å². The fraction of sp³-hybridized carbons (Fsp3) is 0.433. The van der Waals surface area contributed by atoms with Crippen molar-refractivity contribution < 1.29 is 19.1 Å². The van der Waals surface area contributed by atoms with Gasteiger partial charge in [0.1, 0.15) is 17.9 Å². The van der Waals surface area contributed by atoms with Gasteiger partial charge in [-0.05, 0) is 43.4 Å². The van der Waals surface area contributed by atoms with Crippen LogP contribution in [0.2, 0.25) is 0 Å². The Morgan fingerprint density at radius 3 is 2.58 bits per heavy atom. The molecular weight excluding hydrogens is 480 g/mol. The Hall–Kier alpha value is -3.49. The summed E-state index contributed by atoms with van der Waals surface area (Å²) < 4.78 is 5.57. The molecule has 4 N–H and O–H groups in total. The lowest BCUT2D eigenvalue weighted by Crippen LogP contribution is -2.54. The number of hydrogen-bond acceptors (Lipinski definition) is 5. The van der Waals surface area contributed by atoms with Crippen molar-refractivity contribution >= 4 is 28.5 Å². The molecule has 2 aromatic carbocycles. The van der Waals surface area contributed by atoms with Crippen molar-refractivity contribution in [2.75, 3.05) is 26.2 Å². The van der Waals surface area contributed by atoms with Gasteiger partial charge in [0, 0.05) is 42.7 Å². The Labute approximate surface area is 223 Å². The summed E-state index contributed by atoms with van der Waals surface area (Å²) in [6.07, 6.45) is 3.46. The molecule has 1 unspecified atom stereocenters. The van der Waals surface area contributed by atoms with E-state index >= 15 is 0 Å². The summed E-state index contributed by atoms with van der Waals surface area (Å²) >= 11 is 0. The maximum absolute atomic E-state index is 13.2. The number of carbonyl (C=O) groups is 3. The van der Waals surface area contributed by atoms with E-state index in [4.69, 9.17) is 4.74 Å². The number of unbranched alkanes of at least 4 members (excludes halogenated alkanes) is 2. The SMILES string of the molecule is CC(=O)CCCCC[C@H](NC(=O)C1CNCCO1)C(=O)NCCc1c(-c2ccccc2)[nH]c2ccccc12. The lowest BCUT2D eigenvalue weighted by atomic mass is 10.0. The third-order valence-electron chi connectivity index (χ3n) is 6.92. The molecule has 38 heavy (non-hydrogen) atoms. The van der Waals surface area contributed by atoms with Gasteiger partial charge >= 0.3 is 0 Å². The minimum absolute atomic E-state index is 0.168. The summed E-state index contributed by atoms with van der Waals surface area (Å²) in [5.74, 6) is -0.305. The molecule has 4 rings (SSSR count). The molecule has 2 atom stereocenters. The Kier molecular flexibility index (Phi) is 10.1. The van der Waals surface area contributed by atoms with Gasteiger partial charge in [-0.25, -0.2) is 0 Å². The summed E-state index contributed by atoms with van der Waals surface area (Å²) in [4.78, 5) is 40.8. The van der Waals surface area contributed by atoms with Crippen LogP contribution in [-0.2, 0) is 25.5 Å². The number of nitrogens with one attached hydrogen (secondary N) is 4. The number of fused-ring (bicyclic) bond motifs is 1. The van der Waals surface area contributed by atoms with Gasteiger partial charge in [-0.15, -0.1) is 0 Å². The summed E-state index contributed by atoms with van der Waals surface area (Å²) in [6, 6.07) is 17.7. The van der Waals surface area contributed by atoms with Crippen molar-refractivity contribution in [2.24, 2.45) is 0 Å². The van der Waals surface area contributed by atoms with Gasteiger partial charge in [0.2, 0.25) is 5.91 Å². The van der Waals surface area contributed by atoms with Crippen LogP contribution in [0, 0.1) is 0 Å². The van der Waals surface area contributed by atoms with Gasteiger partial charge in [-0.2, -0.15) is 0 Å². The Bertz CT molecular complexity index is 1220. The van der Waals surface area contributed by atoms with E-state index in [9.17, 15) is 14.4 Å². The van der Waals surface area contributed by atoms with Crippen LogP contribution in [0.4, 0.5) is 0 Å². The van der Waals surface area contributed by atoms with Gasteiger partial charge in [0.05, 0.1) is 6.61 Å². The normalized spacial score (nSPS) is 16.2. The van der Waals surface area contributed by atoms with Crippen LogP contribution in [0.15, 0.2) is 54.6 Å². The standard InChI is InChI=1S/C30H38N4O4/c1-21(35)10-4-2-7-15-26(34-30(37)27-20-31-18-19-38-27)29(36)32-17-16-24-23-13-8-9-14-25(23)33-28(24)22-11-5-3-6-12-22/h3,5-6,8-9,11-14,26-27,31,33H,2,4,7,10,15-20H2,1H3,(H,32,36)(H,34,37)/t26-,27?/m0/s1. The molecular formula is C30H38N4O4. The van der Waals surface area contributed by atoms with Crippen LogP contribution < -0.4 is 16.0 Å². The number of morpholine rings is 1. The van der Waals surface area contributed by atoms with Crippen molar-refractivity contribution in [3.05, 3.63) is 60.2 Å². The van der Waals surface area contributed by atoms with Crippen LogP contribution in [-0.4, -0.2) is 61.0 Å². The minimum atomic E-state index is -0.651. The molecule has 1 aliphatic heterocycles. The second-order valence-electron chi connectivity index (χ2n) is 9.86. The second kappa shape index (κ2) is 13.9. The first kappa shape index (κ1) is 27.5. The van der Waals surface area contributed by atoms with Crippen molar-refractivity contribution in [3.8, 4) is 11.3 Å². The largest absolute Gasteiger partial charge is 0.366 e. The molecule has 0 spiro atoms. The number of H-pyrrole nitrogens is 1. The quantitative estimate of drug-likeness (QED) is 0.259. The number of aromatic amines is 1. The van der Waals surface area contributed by atoms with Crippen LogP contribution >= 0.6 is 0 Å². The molecule has 1 saturated heterocycles. The number of amides is 2. The summed E-state index contributed by atoms with van der Waals surface area (Å²) in [7, 11) is 0. The molecule has 1 fully saturated rings. The van der Waals surface area contributed by atoms with E-state index in [2.05, 4.69) is 45.2 Å². The smallest absolute Gasteiger partial charge is 0.251 e. The van der Waals surface area contributed by atoms with Gasteiger partial charge in [-0.3, -0.25) is 9.59 Å². The zero-order chi connectivity index (χ0) is 26.7. The molecule has 0 bridgehead atoms. The Morgan fingerprint density at radius 1 is 1.03 bits per heavy atom. The van der Waals surface area contributed by atoms with Crippen LogP contribution in [0.3, 0.4) is 0 Å². The highest BCUT2D eigenvalue weighted by Gasteiger charge is 2.27. The van der Waals surface area contributed by atoms with Gasteiger partial charge < -0.3 is 30.5 Å². The highest BCUT2D eigenvalue weighted by molar-refractivity contribution is 5.91. The molecule has 2 heterocycles. The third-order valence-corrected chi connectivity index (χ3v) is 6.92. The first-order valence-corrected chi connectivity index (χ1v) is 13.6. The Morgan fingerprint density at radius 2 is 1.82 bits per heavy atom. The minimum Gasteiger partial charge on any atom is -0.366 e. The van der Waals surface area contributed by atoms with E-state index in [1.54, 1.807) is 6.92 Å². The van der Waals surface area contributed by atoms with Gasteiger partial charge in [0.15, 0.2) is 0 Å². The first-order chi connectivity index (χ1) is 18.5. The molecule has 8 heteroatoms. The molecule has 1 aromatic heterocycles. The second-order valence-corrected chi connectivity index (χ2v) is 9.86. The number of para-hydroxylation sites is 1. The molecule has 8 nitrogen and oxygen atoms in total. The average molecular weight is 519 g/mol. The lowest BCUT2D eigenvalue weighted by Gasteiger charge is -2.25. The van der Waals surface area contributed by atoms with Crippen LogP contribution in [0.25, 0.3) is 22.2 Å². The first-order valence-electron chi connectivity index (χ1n) is 13.6. The highest BCUT2D eigenvalue weighted by atomic mass is 16.5. The molecule has 202 valence electrons. The zero-order valence-corrected chi connectivity index (χ0v) is 22.1.